The van der Waals surface area contributed by atoms with E-state index in [-0.39, 0.29) is 18.6 Å². The minimum Gasteiger partial charge on any atom is -0.396 e. The summed E-state index contributed by atoms with van der Waals surface area (Å²) in [7, 11) is 0. The Labute approximate surface area is 62.1 Å². The van der Waals surface area contributed by atoms with Crippen molar-refractivity contribution in [2.75, 3.05) is 19.7 Å². The highest BCUT2D eigenvalue weighted by Gasteiger charge is 1.99. The van der Waals surface area contributed by atoms with Crippen molar-refractivity contribution in [3.63, 3.8) is 0 Å². The Morgan fingerprint density at radius 2 is 1.90 bits per heavy atom. The summed E-state index contributed by atoms with van der Waals surface area (Å²) in [5.74, 6) is 0.277. The molecule has 0 amide bonds. The summed E-state index contributed by atoms with van der Waals surface area (Å²) in [6, 6.07) is 0. The van der Waals surface area contributed by atoms with Crippen molar-refractivity contribution in [1.29, 1.82) is 0 Å². The first-order valence-electron chi connectivity index (χ1n) is 3.66. The van der Waals surface area contributed by atoms with E-state index in [0.29, 0.717) is 6.54 Å². The van der Waals surface area contributed by atoms with E-state index in [1.54, 1.807) is 6.92 Å². The maximum absolute atomic E-state index is 8.81. The van der Waals surface area contributed by atoms with Crippen LogP contribution >= 0.6 is 0 Å². The summed E-state index contributed by atoms with van der Waals surface area (Å²) in [6.45, 7) is 5.25. The van der Waals surface area contributed by atoms with Crippen molar-refractivity contribution in [2.24, 2.45) is 5.92 Å². The SMILES string of the molecule is CC(CO)CNC[C@@H](C)O. The number of nitrogens with one attached hydrogen (secondary N) is 1. The maximum Gasteiger partial charge on any atom is 0.0636 e. The Hall–Kier alpha value is -0.120. The third kappa shape index (κ3) is 6.01. The third-order valence-electron chi connectivity index (χ3n) is 1.24. The van der Waals surface area contributed by atoms with Crippen molar-refractivity contribution in [3.8, 4) is 0 Å². The molecule has 3 N–H and O–H groups in total. The topological polar surface area (TPSA) is 52.5 Å². The van der Waals surface area contributed by atoms with E-state index in [2.05, 4.69) is 5.32 Å². The van der Waals surface area contributed by atoms with Crippen LogP contribution in [0, 0.1) is 5.92 Å². The highest BCUT2D eigenvalue weighted by Crippen LogP contribution is 1.88. The number of aliphatic hydroxyl groups is 2. The molecular formula is C7H17NO2. The normalized spacial score (nSPS) is 16.8. The Bertz CT molecular complexity index is 76.0. The van der Waals surface area contributed by atoms with Crippen molar-refractivity contribution in [2.45, 2.75) is 20.0 Å². The van der Waals surface area contributed by atoms with Gasteiger partial charge in [0.25, 0.3) is 0 Å². The van der Waals surface area contributed by atoms with Gasteiger partial charge in [-0.05, 0) is 19.4 Å². The van der Waals surface area contributed by atoms with Gasteiger partial charge in [0, 0.05) is 13.2 Å². The highest BCUT2D eigenvalue weighted by molar-refractivity contribution is 4.57. The molecule has 1 unspecified atom stereocenters. The van der Waals surface area contributed by atoms with Crippen LogP contribution in [0.1, 0.15) is 13.8 Å². The van der Waals surface area contributed by atoms with E-state index in [1.807, 2.05) is 6.92 Å². The Balaban J connectivity index is 3.03. The van der Waals surface area contributed by atoms with E-state index in [4.69, 9.17) is 10.2 Å². The summed E-state index contributed by atoms with van der Waals surface area (Å²) in [6.07, 6.45) is -0.300. The molecule has 0 aliphatic heterocycles. The lowest BCUT2D eigenvalue weighted by Crippen LogP contribution is -2.29. The molecule has 10 heavy (non-hydrogen) atoms. The van der Waals surface area contributed by atoms with Gasteiger partial charge in [-0.2, -0.15) is 0 Å². The standard InChI is InChI=1S/C7H17NO2/c1-6(5-9)3-8-4-7(2)10/h6-10H,3-5H2,1-2H3/t6?,7-/m1/s1. The second-order valence-electron chi connectivity index (χ2n) is 2.80. The van der Waals surface area contributed by atoms with Crippen LogP contribution in [-0.2, 0) is 0 Å². The lowest BCUT2D eigenvalue weighted by molar-refractivity contribution is 0.182. The van der Waals surface area contributed by atoms with Crippen LogP contribution in [0.15, 0.2) is 0 Å². The van der Waals surface area contributed by atoms with Crippen molar-refractivity contribution in [3.05, 3.63) is 0 Å². The lowest BCUT2D eigenvalue weighted by Gasteiger charge is -2.10. The second-order valence-corrected chi connectivity index (χ2v) is 2.80. The molecule has 0 heterocycles. The zero-order valence-corrected chi connectivity index (χ0v) is 6.67. The van der Waals surface area contributed by atoms with E-state index >= 15 is 0 Å². The van der Waals surface area contributed by atoms with Crippen LogP contribution < -0.4 is 5.32 Å². The van der Waals surface area contributed by atoms with Gasteiger partial charge in [-0.1, -0.05) is 6.92 Å². The molecule has 0 rings (SSSR count). The largest absolute Gasteiger partial charge is 0.396 e. The van der Waals surface area contributed by atoms with Crippen LogP contribution in [0.5, 0.6) is 0 Å². The molecule has 0 aromatic carbocycles. The highest BCUT2D eigenvalue weighted by atomic mass is 16.3. The predicted octanol–water partition coefficient (Wildman–Crippen LogP) is -0.415. The first-order valence-corrected chi connectivity index (χ1v) is 3.66. The average molecular weight is 147 g/mol. The molecule has 0 saturated carbocycles. The van der Waals surface area contributed by atoms with Gasteiger partial charge >= 0.3 is 0 Å². The van der Waals surface area contributed by atoms with Crippen molar-refractivity contribution < 1.29 is 10.2 Å². The molecule has 0 spiro atoms. The van der Waals surface area contributed by atoms with Crippen molar-refractivity contribution in [1.82, 2.24) is 5.32 Å². The molecule has 2 atom stereocenters. The summed E-state index contributed by atoms with van der Waals surface area (Å²) in [5.41, 5.74) is 0. The molecular weight excluding hydrogens is 130 g/mol. The van der Waals surface area contributed by atoms with Gasteiger partial charge in [0.1, 0.15) is 0 Å². The molecule has 3 nitrogen and oxygen atoms in total. The number of hydrogen-bond acceptors (Lipinski definition) is 3. The third-order valence-corrected chi connectivity index (χ3v) is 1.24. The zero-order chi connectivity index (χ0) is 7.98. The van der Waals surface area contributed by atoms with E-state index < -0.39 is 0 Å². The first-order chi connectivity index (χ1) is 4.66. The molecule has 62 valence electrons. The fourth-order valence-corrected chi connectivity index (χ4v) is 0.603. The minimum atomic E-state index is -0.300. The lowest BCUT2D eigenvalue weighted by atomic mass is 10.2. The molecule has 0 aliphatic rings. The van der Waals surface area contributed by atoms with Gasteiger partial charge in [-0.25, -0.2) is 0 Å². The maximum atomic E-state index is 8.81. The van der Waals surface area contributed by atoms with E-state index in [0.717, 1.165) is 6.54 Å². The molecule has 0 fully saturated rings. The number of hydrogen-bond donors (Lipinski definition) is 3. The molecule has 0 aliphatic carbocycles. The fourth-order valence-electron chi connectivity index (χ4n) is 0.603. The Morgan fingerprint density at radius 3 is 2.30 bits per heavy atom. The molecule has 0 aromatic heterocycles. The Kier molecular flexibility index (Phi) is 5.58. The Morgan fingerprint density at radius 1 is 1.30 bits per heavy atom. The second kappa shape index (κ2) is 5.65. The van der Waals surface area contributed by atoms with Gasteiger partial charge in [0.15, 0.2) is 0 Å². The first kappa shape index (κ1) is 9.88. The summed E-state index contributed by atoms with van der Waals surface area (Å²) in [5, 5.41) is 20.4. The average Bonchev–Trinajstić information content (AvgIpc) is 1.87. The van der Waals surface area contributed by atoms with Crippen molar-refractivity contribution >= 4 is 0 Å². The van der Waals surface area contributed by atoms with Crippen LogP contribution in [0.3, 0.4) is 0 Å². The number of aliphatic hydroxyl groups excluding tert-OH is 2. The molecule has 0 aromatic rings. The van der Waals surface area contributed by atoms with Crippen LogP contribution in [0.25, 0.3) is 0 Å². The molecule has 0 bridgehead atoms. The monoisotopic (exact) mass is 147 g/mol. The van der Waals surface area contributed by atoms with E-state index in [1.165, 1.54) is 0 Å². The quantitative estimate of drug-likeness (QED) is 0.495. The zero-order valence-electron chi connectivity index (χ0n) is 6.67. The van der Waals surface area contributed by atoms with Gasteiger partial charge in [0.05, 0.1) is 6.10 Å². The van der Waals surface area contributed by atoms with Gasteiger partial charge in [-0.3, -0.25) is 0 Å². The predicted molar refractivity (Wildman–Crippen MR) is 40.8 cm³/mol. The van der Waals surface area contributed by atoms with Crippen LogP contribution in [-0.4, -0.2) is 36.0 Å². The molecule has 0 saturated heterocycles. The van der Waals surface area contributed by atoms with Gasteiger partial charge in [-0.15, -0.1) is 0 Å². The van der Waals surface area contributed by atoms with Gasteiger partial charge in [0.2, 0.25) is 0 Å². The fraction of sp³-hybridized carbons (Fsp3) is 1.00. The van der Waals surface area contributed by atoms with Crippen LogP contribution in [0.2, 0.25) is 0 Å². The summed E-state index contributed by atoms with van der Waals surface area (Å²) in [4.78, 5) is 0. The van der Waals surface area contributed by atoms with E-state index in [9.17, 15) is 0 Å². The number of rotatable bonds is 5. The molecule has 3 heteroatoms. The smallest absolute Gasteiger partial charge is 0.0636 e. The summed E-state index contributed by atoms with van der Waals surface area (Å²) < 4.78 is 0. The van der Waals surface area contributed by atoms with Crippen LogP contribution in [0.4, 0.5) is 0 Å². The minimum absolute atomic E-state index is 0.201. The van der Waals surface area contributed by atoms with Gasteiger partial charge < -0.3 is 15.5 Å². The summed E-state index contributed by atoms with van der Waals surface area (Å²) >= 11 is 0. The molecule has 0 radical (unpaired) electrons.